The van der Waals surface area contributed by atoms with Crippen LogP contribution in [-0.4, -0.2) is 47.0 Å². The van der Waals surface area contributed by atoms with Crippen molar-refractivity contribution in [3.05, 3.63) is 52.9 Å². The molecule has 3 rings (SSSR count). The smallest absolute Gasteiger partial charge is 0.254 e. The van der Waals surface area contributed by atoms with Crippen LogP contribution in [0, 0.1) is 11.6 Å². The number of carbonyl (C=O) groups is 1. The second kappa shape index (κ2) is 7.09. The van der Waals surface area contributed by atoms with E-state index in [1.54, 1.807) is 4.90 Å². The van der Waals surface area contributed by atoms with Crippen LogP contribution in [0.5, 0.6) is 0 Å². The zero-order valence-corrected chi connectivity index (χ0v) is 13.5. The number of hydrogen-bond donors (Lipinski definition) is 0. The number of carbonyl (C=O) groups excluding carboxylic acids is 1. The Kier molecular flexibility index (Phi) is 4.89. The second-order valence-electron chi connectivity index (χ2n) is 5.84. The summed E-state index contributed by atoms with van der Waals surface area (Å²) < 4.78 is 31.4. The topological polar surface area (TPSA) is 49.6 Å². The Morgan fingerprint density at radius 3 is 2.54 bits per heavy atom. The van der Waals surface area contributed by atoms with Crippen LogP contribution >= 0.6 is 0 Å². The number of rotatable bonds is 4. The summed E-state index contributed by atoms with van der Waals surface area (Å²) in [5, 5.41) is 4.03. The van der Waals surface area contributed by atoms with E-state index in [4.69, 9.17) is 4.52 Å². The number of aromatic nitrogens is 1. The predicted octanol–water partition coefficient (Wildman–Crippen LogP) is 2.47. The molecule has 0 spiro atoms. The van der Waals surface area contributed by atoms with Crippen LogP contribution in [0.1, 0.15) is 28.7 Å². The van der Waals surface area contributed by atoms with E-state index >= 15 is 0 Å². The summed E-state index contributed by atoms with van der Waals surface area (Å²) in [5.74, 6) is -1.37. The number of hydrogen-bond acceptors (Lipinski definition) is 4. The first kappa shape index (κ1) is 16.6. The average molecular weight is 335 g/mol. The zero-order chi connectivity index (χ0) is 17.1. The van der Waals surface area contributed by atoms with E-state index < -0.39 is 11.6 Å². The lowest BCUT2D eigenvalue weighted by Gasteiger charge is -2.34. The third-order valence-electron chi connectivity index (χ3n) is 4.17. The summed E-state index contributed by atoms with van der Waals surface area (Å²) in [6.07, 6.45) is 0.809. The molecule has 24 heavy (non-hydrogen) atoms. The van der Waals surface area contributed by atoms with Crippen molar-refractivity contribution in [3.8, 4) is 0 Å². The van der Waals surface area contributed by atoms with E-state index in [1.165, 1.54) is 6.07 Å². The van der Waals surface area contributed by atoms with E-state index in [9.17, 15) is 13.6 Å². The van der Waals surface area contributed by atoms with Gasteiger partial charge in [-0.25, -0.2) is 8.78 Å². The van der Waals surface area contributed by atoms with Gasteiger partial charge in [-0.3, -0.25) is 9.69 Å². The van der Waals surface area contributed by atoms with E-state index in [1.807, 2.05) is 13.0 Å². The summed E-state index contributed by atoms with van der Waals surface area (Å²) in [4.78, 5) is 16.2. The SMILES string of the molecule is CCc1cc(CN2CCN(C(=O)c3ccc(F)c(F)c3)CC2)no1. The molecule has 0 radical (unpaired) electrons. The molecule has 1 aromatic heterocycles. The van der Waals surface area contributed by atoms with Crippen LogP contribution in [0.15, 0.2) is 28.8 Å². The molecule has 1 aromatic carbocycles. The van der Waals surface area contributed by atoms with Crippen LogP contribution in [0.25, 0.3) is 0 Å². The highest BCUT2D eigenvalue weighted by atomic mass is 19.2. The summed E-state index contributed by atoms with van der Waals surface area (Å²) in [6.45, 7) is 5.16. The van der Waals surface area contributed by atoms with Gasteiger partial charge in [0.1, 0.15) is 5.76 Å². The lowest BCUT2D eigenvalue weighted by Crippen LogP contribution is -2.48. The van der Waals surface area contributed by atoms with Gasteiger partial charge < -0.3 is 9.42 Å². The fourth-order valence-electron chi connectivity index (χ4n) is 2.75. The van der Waals surface area contributed by atoms with Crippen molar-refractivity contribution in [2.75, 3.05) is 26.2 Å². The number of nitrogens with zero attached hydrogens (tertiary/aromatic N) is 3. The molecule has 128 valence electrons. The maximum absolute atomic E-state index is 13.3. The first-order valence-electron chi connectivity index (χ1n) is 7.98. The molecule has 0 unspecified atom stereocenters. The number of benzene rings is 1. The van der Waals surface area contributed by atoms with Crippen LogP contribution in [0.4, 0.5) is 8.78 Å². The van der Waals surface area contributed by atoms with Crippen LogP contribution in [0.2, 0.25) is 0 Å². The van der Waals surface area contributed by atoms with Gasteiger partial charge in [0.2, 0.25) is 0 Å². The molecular formula is C17H19F2N3O2. The Labute approximate surface area is 138 Å². The monoisotopic (exact) mass is 335 g/mol. The zero-order valence-electron chi connectivity index (χ0n) is 13.5. The fraction of sp³-hybridized carbons (Fsp3) is 0.412. The number of halogens is 2. The van der Waals surface area contributed by atoms with Gasteiger partial charge in [0.05, 0.1) is 5.69 Å². The Bertz CT molecular complexity index is 724. The standard InChI is InChI=1S/C17H19F2N3O2/c1-2-14-10-13(20-24-14)11-21-5-7-22(8-6-21)17(23)12-3-4-15(18)16(19)9-12/h3-4,9-10H,2,5-8,11H2,1H3. The molecule has 5 nitrogen and oxygen atoms in total. The molecule has 1 aliphatic rings. The first-order chi connectivity index (χ1) is 11.6. The van der Waals surface area contributed by atoms with Crippen molar-refractivity contribution < 1.29 is 18.1 Å². The highest BCUT2D eigenvalue weighted by Gasteiger charge is 2.23. The molecule has 2 heterocycles. The minimum absolute atomic E-state index is 0.173. The van der Waals surface area contributed by atoms with Crippen LogP contribution in [0.3, 0.4) is 0 Å². The molecule has 0 N–H and O–H groups in total. The largest absolute Gasteiger partial charge is 0.361 e. The van der Waals surface area contributed by atoms with Crippen molar-refractivity contribution in [1.29, 1.82) is 0 Å². The number of piperazine rings is 1. The normalized spacial score (nSPS) is 15.7. The van der Waals surface area contributed by atoms with Gasteiger partial charge in [-0.2, -0.15) is 0 Å². The molecule has 7 heteroatoms. The highest BCUT2D eigenvalue weighted by Crippen LogP contribution is 2.14. The van der Waals surface area contributed by atoms with Crippen molar-refractivity contribution in [2.45, 2.75) is 19.9 Å². The molecule has 0 aliphatic carbocycles. The lowest BCUT2D eigenvalue weighted by atomic mass is 10.1. The molecule has 1 saturated heterocycles. The maximum atomic E-state index is 13.3. The predicted molar refractivity (Wildman–Crippen MR) is 83.4 cm³/mol. The Hall–Kier alpha value is -2.28. The van der Waals surface area contributed by atoms with Gasteiger partial charge >= 0.3 is 0 Å². The van der Waals surface area contributed by atoms with E-state index in [0.29, 0.717) is 32.7 Å². The average Bonchev–Trinajstić information content (AvgIpc) is 3.05. The van der Waals surface area contributed by atoms with E-state index in [-0.39, 0.29) is 11.5 Å². The van der Waals surface area contributed by atoms with Crippen LogP contribution in [-0.2, 0) is 13.0 Å². The van der Waals surface area contributed by atoms with Crippen molar-refractivity contribution in [1.82, 2.24) is 15.0 Å². The minimum Gasteiger partial charge on any atom is -0.361 e. The molecule has 0 bridgehead atoms. The number of aryl methyl sites for hydroxylation is 1. The molecule has 0 atom stereocenters. The van der Waals surface area contributed by atoms with E-state index in [0.717, 1.165) is 30.0 Å². The summed E-state index contributed by atoms with van der Waals surface area (Å²) >= 11 is 0. The van der Waals surface area contributed by atoms with Gasteiger partial charge in [-0.1, -0.05) is 12.1 Å². The first-order valence-corrected chi connectivity index (χ1v) is 7.98. The molecule has 1 aliphatic heterocycles. The maximum Gasteiger partial charge on any atom is 0.254 e. The second-order valence-corrected chi connectivity index (χ2v) is 5.84. The Balaban J connectivity index is 1.56. The molecule has 0 saturated carbocycles. The number of amides is 1. The lowest BCUT2D eigenvalue weighted by molar-refractivity contribution is 0.0625. The Morgan fingerprint density at radius 2 is 1.92 bits per heavy atom. The van der Waals surface area contributed by atoms with Crippen molar-refractivity contribution in [2.24, 2.45) is 0 Å². The van der Waals surface area contributed by atoms with Crippen molar-refractivity contribution >= 4 is 5.91 Å². The van der Waals surface area contributed by atoms with Gasteiger partial charge in [0.25, 0.3) is 5.91 Å². The van der Waals surface area contributed by atoms with Gasteiger partial charge in [0, 0.05) is 50.8 Å². The van der Waals surface area contributed by atoms with E-state index in [2.05, 4.69) is 10.1 Å². The third kappa shape index (κ3) is 3.62. The van der Waals surface area contributed by atoms with Gasteiger partial charge in [-0.05, 0) is 18.2 Å². The Morgan fingerprint density at radius 1 is 1.17 bits per heavy atom. The van der Waals surface area contributed by atoms with Gasteiger partial charge in [0.15, 0.2) is 11.6 Å². The fourth-order valence-corrected chi connectivity index (χ4v) is 2.75. The van der Waals surface area contributed by atoms with Gasteiger partial charge in [-0.15, -0.1) is 0 Å². The molecule has 2 aromatic rings. The summed E-state index contributed by atoms with van der Waals surface area (Å²) in [7, 11) is 0. The highest BCUT2D eigenvalue weighted by molar-refractivity contribution is 5.94. The third-order valence-corrected chi connectivity index (χ3v) is 4.17. The van der Waals surface area contributed by atoms with Crippen molar-refractivity contribution in [3.63, 3.8) is 0 Å². The summed E-state index contributed by atoms with van der Waals surface area (Å²) in [5.41, 5.74) is 1.05. The van der Waals surface area contributed by atoms with Crippen LogP contribution < -0.4 is 0 Å². The molecular weight excluding hydrogens is 316 g/mol. The minimum atomic E-state index is -1.00. The molecule has 1 amide bonds. The quantitative estimate of drug-likeness (QED) is 0.861. The summed E-state index contributed by atoms with van der Waals surface area (Å²) in [6, 6.07) is 5.19. The molecule has 1 fully saturated rings.